The number of hydrogen-bond donors (Lipinski definition) is 1. The van der Waals surface area contributed by atoms with Gasteiger partial charge in [-0.1, -0.05) is 6.92 Å². The molecule has 1 aromatic heterocycles. The minimum absolute atomic E-state index is 0.0510. The lowest BCUT2D eigenvalue weighted by Gasteiger charge is -2.13. The molecule has 0 unspecified atom stereocenters. The molecule has 1 rings (SSSR count). The zero-order valence-electron chi connectivity index (χ0n) is 10.1. The summed E-state index contributed by atoms with van der Waals surface area (Å²) in [5.41, 5.74) is -0.361. The molecule has 6 heteroatoms. The summed E-state index contributed by atoms with van der Waals surface area (Å²) in [7, 11) is 0. The van der Waals surface area contributed by atoms with Crippen LogP contribution in [0.3, 0.4) is 0 Å². The highest BCUT2D eigenvalue weighted by atomic mass is 19.4. The molecule has 0 aliphatic heterocycles. The first-order valence-corrected chi connectivity index (χ1v) is 5.52. The van der Waals surface area contributed by atoms with Crippen LogP contribution in [0.5, 0.6) is 0 Å². The first-order chi connectivity index (χ1) is 7.75. The molecule has 3 nitrogen and oxygen atoms in total. The topological polar surface area (TPSA) is 38.0 Å². The molecule has 0 aromatic carbocycles. The van der Waals surface area contributed by atoms with Crippen LogP contribution < -0.4 is 0 Å². The molecule has 0 saturated carbocycles. The average Bonchev–Trinajstić information content (AvgIpc) is 2.61. The van der Waals surface area contributed by atoms with Crippen LogP contribution in [0.25, 0.3) is 0 Å². The fourth-order valence-corrected chi connectivity index (χ4v) is 1.59. The Morgan fingerprint density at radius 3 is 2.35 bits per heavy atom. The first kappa shape index (κ1) is 14.0. The Morgan fingerprint density at radius 2 is 1.94 bits per heavy atom. The maximum atomic E-state index is 12.5. The Labute approximate surface area is 98.2 Å². The number of alkyl halides is 3. The van der Waals surface area contributed by atoms with Gasteiger partial charge in [0.1, 0.15) is 0 Å². The summed E-state index contributed by atoms with van der Waals surface area (Å²) in [6, 6.07) is 0.929. The predicted octanol–water partition coefficient (Wildman–Crippen LogP) is 2.65. The Morgan fingerprint density at radius 1 is 1.35 bits per heavy atom. The number of hydrogen-bond acceptors (Lipinski definition) is 2. The van der Waals surface area contributed by atoms with Gasteiger partial charge < -0.3 is 5.11 Å². The van der Waals surface area contributed by atoms with Crippen LogP contribution in [-0.2, 0) is 12.6 Å². The quantitative estimate of drug-likeness (QED) is 0.892. The summed E-state index contributed by atoms with van der Waals surface area (Å²) in [6.07, 6.45) is -4.03. The van der Waals surface area contributed by atoms with Crippen LogP contribution in [0.1, 0.15) is 38.2 Å². The number of rotatable bonds is 4. The standard InChI is InChI=1S/C11H17F3N2O/c1-7(2)16-9(4-8(3)6-17)5-10(15-16)11(12,13)14/h5,7-8,17H,4,6H2,1-3H3/t8-/m0/s1. The van der Waals surface area contributed by atoms with Crippen molar-refractivity contribution in [1.82, 2.24) is 9.78 Å². The maximum absolute atomic E-state index is 12.5. The molecule has 0 aliphatic carbocycles. The van der Waals surface area contributed by atoms with Gasteiger partial charge in [0.2, 0.25) is 0 Å². The van der Waals surface area contributed by atoms with Gasteiger partial charge in [0.05, 0.1) is 0 Å². The zero-order chi connectivity index (χ0) is 13.2. The third-order valence-electron chi connectivity index (χ3n) is 2.46. The minimum atomic E-state index is -4.42. The Bertz CT molecular complexity index is 371. The van der Waals surface area contributed by atoms with Crippen LogP contribution in [0.15, 0.2) is 6.07 Å². The monoisotopic (exact) mass is 250 g/mol. The van der Waals surface area contributed by atoms with Crippen molar-refractivity contribution in [2.24, 2.45) is 5.92 Å². The molecule has 0 spiro atoms. The van der Waals surface area contributed by atoms with Gasteiger partial charge in [-0.3, -0.25) is 4.68 Å². The second-order valence-corrected chi connectivity index (χ2v) is 4.55. The normalized spacial score (nSPS) is 14.4. The fourth-order valence-electron chi connectivity index (χ4n) is 1.59. The third-order valence-corrected chi connectivity index (χ3v) is 2.46. The van der Waals surface area contributed by atoms with Crippen LogP contribution in [-0.4, -0.2) is 21.5 Å². The Balaban J connectivity index is 3.06. The lowest BCUT2D eigenvalue weighted by Crippen LogP contribution is -2.13. The summed E-state index contributed by atoms with van der Waals surface area (Å²) in [4.78, 5) is 0. The van der Waals surface area contributed by atoms with Crippen molar-refractivity contribution >= 4 is 0 Å². The van der Waals surface area contributed by atoms with Crippen molar-refractivity contribution in [2.75, 3.05) is 6.61 Å². The number of aromatic nitrogens is 2. The fraction of sp³-hybridized carbons (Fsp3) is 0.727. The van der Waals surface area contributed by atoms with E-state index >= 15 is 0 Å². The molecule has 1 atom stereocenters. The highest BCUT2D eigenvalue weighted by molar-refractivity contribution is 5.14. The SMILES string of the molecule is CC(C)n1nc(C(F)(F)F)cc1C[C@H](C)CO. The number of halogens is 3. The van der Waals surface area contributed by atoms with Crippen LogP contribution >= 0.6 is 0 Å². The second-order valence-electron chi connectivity index (χ2n) is 4.55. The van der Waals surface area contributed by atoms with Crippen molar-refractivity contribution in [1.29, 1.82) is 0 Å². The van der Waals surface area contributed by atoms with Gasteiger partial charge in [-0.25, -0.2) is 0 Å². The van der Waals surface area contributed by atoms with Crippen LogP contribution in [0, 0.1) is 5.92 Å². The molecule has 0 amide bonds. The van der Waals surface area contributed by atoms with Gasteiger partial charge in [-0.05, 0) is 32.3 Å². The molecule has 98 valence electrons. The largest absolute Gasteiger partial charge is 0.435 e. The average molecular weight is 250 g/mol. The van der Waals surface area contributed by atoms with Gasteiger partial charge >= 0.3 is 6.18 Å². The van der Waals surface area contributed by atoms with E-state index in [1.807, 2.05) is 0 Å². The summed E-state index contributed by atoms with van der Waals surface area (Å²) < 4.78 is 39.0. The summed E-state index contributed by atoms with van der Waals surface area (Å²) in [5, 5.41) is 12.5. The Hall–Kier alpha value is -1.04. The molecule has 0 aliphatic rings. The van der Waals surface area contributed by atoms with Gasteiger partial charge in [0, 0.05) is 18.3 Å². The van der Waals surface area contributed by atoms with Crippen molar-refractivity contribution in [2.45, 2.75) is 39.4 Å². The highest BCUT2D eigenvalue weighted by Gasteiger charge is 2.35. The molecule has 1 aromatic rings. The molecule has 0 fully saturated rings. The van der Waals surface area contributed by atoms with E-state index in [0.29, 0.717) is 12.1 Å². The summed E-state index contributed by atoms with van der Waals surface area (Å²) >= 11 is 0. The molecule has 1 N–H and O–H groups in total. The predicted molar refractivity (Wildman–Crippen MR) is 57.6 cm³/mol. The van der Waals surface area contributed by atoms with E-state index in [1.165, 1.54) is 4.68 Å². The number of aliphatic hydroxyl groups excluding tert-OH is 1. The molecule has 0 radical (unpaired) electrons. The maximum Gasteiger partial charge on any atom is 0.435 e. The smallest absolute Gasteiger partial charge is 0.396 e. The van der Waals surface area contributed by atoms with Crippen molar-refractivity contribution < 1.29 is 18.3 Å². The van der Waals surface area contributed by atoms with Gasteiger partial charge in [-0.2, -0.15) is 18.3 Å². The van der Waals surface area contributed by atoms with Gasteiger partial charge in [0.25, 0.3) is 0 Å². The lowest BCUT2D eigenvalue weighted by atomic mass is 10.1. The van der Waals surface area contributed by atoms with Crippen molar-refractivity contribution in [3.8, 4) is 0 Å². The molecule has 0 saturated heterocycles. The second kappa shape index (κ2) is 5.08. The number of nitrogens with zero attached hydrogens (tertiary/aromatic N) is 2. The van der Waals surface area contributed by atoms with Crippen LogP contribution in [0.4, 0.5) is 13.2 Å². The van der Waals surface area contributed by atoms with E-state index in [0.717, 1.165) is 6.07 Å². The van der Waals surface area contributed by atoms with E-state index in [2.05, 4.69) is 5.10 Å². The Kier molecular flexibility index (Phi) is 4.19. The van der Waals surface area contributed by atoms with E-state index in [-0.39, 0.29) is 18.6 Å². The summed E-state index contributed by atoms with van der Waals surface area (Å²) in [6.45, 7) is 5.29. The molecule has 17 heavy (non-hydrogen) atoms. The van der Waals surface area contributed by atoms with Crippen LogP contribution in [0.2, 0.25) is 0 Å². The number of aliphatic hydroxyl groups is 1. The third kappa shape index (κ3) is 3.46. The molecule has 0 bridgehead atoms. The van der Waals surface area contributed by atoms with E-state index in [9.17, 15) is 13.2 Å². The van der Waals surface area contributed by atoms with E-state index < -0.39 is 11.9 Å². The van der Waals surface area contributed by atoms with Gasteiger partial charge in [-0.15, -0.1) is 0 Å². The summed E-state index contributed by atoms with van der Waals surface area (Å²) in [5.74, 6) is -0.0784. The molecular formula is C11H17F3N2O. The molecular weight excluding hydrogens is 233 g/mol. The molecule has 1 heterocycles. The highest BCUT2D eigenvalue weighted by Crippen LogP contribution is 2.30. The van der Waals surface area contributed by atoms with Crippen molar-refractivity contribution in [3.05, 3.63) is 17.5 Å². The van der Waals surface area contributed by atoms with Gasteiger partial charge in [0.15, 0.2) is 5.69 Å². The van der Waals surface area contributed by atoms with E-state index in [1.54, 1.807) is 20.8 Å². The zero-order valence-corrected chi connectivity index (χ0v) is 10.1. The lowest BCUT2D eigenvalue weighted by molar-refractivity contribution is -0.141. The minimum Gasteiger partial charge on any atom is -0.396 e. The van der Waals surface area contributed by atoms with E-state index in [4.69, 9.17) is 5.11 Å². The van der Waals surface area contributed by atoms with Crippen molar-refractivity contribution in [3.63, 3.8) is 0 Å². The first-order valence-electron chi connectivity index (χ1n) is 5.52.